The molecule has 0 bridgehead atoms. The molecule has 0 atom stereocenters. The number of amides is 1. The summed E-state index contributed by atoms with van der Waals surface area (Å²) < 4.78 is 4.88. The lowest BCUT2D eigenvalue weighted by atomic mass is 10.0. The van der Waals surface area contributed by atoms with E-state index in [1.54, 1.807) is 7.11 Å². The van der Waals surface area contributed by atoms with Crippen LogP contribution in [0.1, 0.15) is 32.1 Å². The molecular weight excluding hydrogens is 194 g/mol. The third-order valence-corrected chi connectivity index (χ3v) is 3.01. The maximum absolute atomic E-state index is 11.4. The van der Waals surface area contributed by atoms with Gasteiger partial charge in [0.25, 0.3) is 0 Å². The Labute approximate surface area is 91.0 Å². The van der Waals surface area contributed by atoms with Gasteiger partial charge in [0, 0.05) is 33.3 Å². The number of ether oxygens (including phenoxy) is 1. The van der Waals surface area contributed by atoms with Crippen LogP contribution in [-0.4, -0.2) is 37.9 Å². The van der Waals surface area contributed by atoms with Crippen molar-refractivity contribution in [2.75, 3.05) is 26.9 Å². The highest BCUT2D eigenvalue weighted by molar-refractivity contribution is 5.75. The third kappa shape index (κ3) is 4.62. The standard InChI is InChI=1S/C11H21NO3/c1-15-8-2-3-10(14)12-9-11(4-5-11)6-7-13/h13H,2-9H2,1H3,(H,12,14). The summed E-state index contributed by atoms with van der Waals surface area (Å²) in [6.07, 6.45) is 4.38. The molecule has 1 aliphatic rings. The highest BCUT2D eigenvalue weighted by Crippen LogP contribution is 2.47. The first-order chi connectivity index (χ1) is 7.22. The highest BCUT2D eigenvalue weighted by atomic mass is 16.5. The molecule has 0 aromatic carbocycles. The molecule has 0 heterocycles. The van der Waals surface area contributed by atoms with Crippen molar-refractivity contribution in [1.82, 2.24) is 5.32 Å². The molecule has 1 fully saturated rings. The molecule has 1 amide bonds. The van der Waals surface area contributed by atoms with E-state index in [9.17, 15) is 4.79 Å². The number of methoxy groups -OCH3 is 1. The molecule has 15 heavy (non-hydrogen) atoms. The smallest absolute Gasteiger partial charge is 0.220 e. The second-order valence-corrected chi connectivity index (χ2v) is 4.35. The molecule has 1 saturated carbocycles. The van der Waals surface area contributed by atoms with Gasteiger partial charge in [-0.3, -0.25) is 4.79 Å². The maximum atomic E-state index is 11.4. The number of hydrogen-bond acceptors (Lipinski definition) is 3. The lowest BCUT2D eigenvalue weighted by molar-refractivity contribution is -0.121. The van der Waals surface area contributed by atoms with Gasteiger partial charge < -0.3 is 15.2 Å². The van der Waals surface area contributed by atoms with Crippen molar-refractivity contribution in [3.63, 3.8) is 0 Å². The van der Waals surface area contributed by atoms with Crippen LogP contribution in [0.3, 0.4) is 0 Å². The van der Waals surface area contributed by atoms with Crippen LogP contribution in [0.5, 0.6) is 0 Å². The van der Waals surface area contributed by atoms with E-state index in [1.165, 1.54) is 0 Å². The Morgan fingerprint density at radius 2 is 2.27 bits per heavy atom. The van der Waals surface area contributed by atoms with Crippen LogP contribution < -0.4 is 5.32 Å². The summed E-state index contributed by atoms with van der Waals surface area (Å²) in [5.41, 5.74) is 0.214. The van der Waals surface area contributed by atoms with Crippen LogP contribution in [-0.2, 0) is 9.53 Å². The molecule has 1 rings (SSSR count). The summed E-state index contributed by atoms with van der Waals surface area (Å²) in [7, 11) is 1.64. The lowest BCUT2D eigenvalue weighted by Gasteiger charge is -2.14. The Morgan fingerprint density at radius 1 is 1.53 bits per heavy atom. The zero-order chi connectivity index (χ0) is 11.1. The zero-order valence-electron chi connectivity index (χ0n) is 9.42. The van der Waals surface area contributed by atoms with Crippen molar-refractivity contribution in [2.45, 2.75) is 32.1 Å². The minimum atomic E-state index is 0.0938. The summed E-state index contributed by atoms with van der Waals surface area (Å²) in [6, 6.07) is 0. The number of aliphatic hydroxyl groups excluding tert-OH is 1. The maximum Gasteiger partial charge on any atom is 0.220 e. The molecule has 0 aromatic heterocycles. The molecule has 4 nitrogen and oxygen atoms in total. The van der Waals surface area contributed by atoms with Crippen molar-refractivity contribution in [1.29, 1.82) is 0 Å². The number of nitrogens with one attached hydrogen (secondary N) is 1. The summed E-state index contributed by atoms with van der Waals surface area (Å²) in [4.78, 5) is 11.4. The number of aliphatic hydroxyl groups is 1. The summed E-state index contributed by atoms with van der Waals surface area (Å²) >= 11 is 0. The predicted molar refractivity (Wildman–Crippen MR) is 57.5 cm³/mol. The fraction of sp³-hybridized carbons (Fsp3) is 0.909. The monoisotopic (exact) mass is 215 g/mol. The van der Waals surface area contributed by atoms with E-state index in [2.05, 4.69) is 5.32 Å². The van der Waals surface area contributed by atoms with E-state index < -0.39 is 0 Å². The quantitative estimate of drug-likeness (QED) is 0.586. The molecular formula is C11H21NO3. The molecule has 0 aliphatic heterocycles. The van der Waals surface area contributed by atoms with Gasteiger partial charge in [-0.1, -0.05) is 0 Å². The fourth-order valence-electron chi connectivity index (χ4n) is 1.68. The fourth-order valence-corrected chi connectivity index (χ4v) is 1.68. The molecule has 0 spiro atoms. The van der Waals surface area contributed by atoms with Crippen LogP contribution >= 0.6 is 0 Å². The SMILES string of the molecule is COCCCC(=O)NCC1(CCO)CC1. The minimum absolute atomic E-state index is 0.0938. The van der Waals surface area contributed by atoms with Gasteiger partial charge in [-0.15, -0.1) is 0 Å². The second kappa shape index (κ2) is 6.08. The average molecular weight is 215 g/mol. The normalized spacial score (nSPS) is 17.5. The van der Waals surface area contributed by atoms with Crippen LogP contribution in [0, 0.1) is 5.41 Å². The average Bonchev–Trinajstić information content (AvgIpc) is 2.97. The summed E-state index contributed by atoms with van der Waals surface area (Å²) in [5, 5.41) is 11.8. The van der Waals surface area contributed by atoms with Gasteiger partial charge in [-0.25, -0.2) is 0 Å². The lowest BCUT2D eigenvalue weighted by Crippen LogP contribution is -2.30. The first-order valence-electron chi connectivity index (χ1n) is 5.59. The van der Waals surface area contributed by atoms with Crippen molar-refractivity contribution in [2.24, 2.45) is 5.41 Å². The van der Waals surface area contributed by atoms with Crippen LogP contribution in [0.25, 0.3) is 0 Å². The van der Waals surface area contributed by atoms with Crippen molar-refractivity contribution < 1.29 is 14.6 Å². The topological polar surface area (TPSA) is 58.6 Å². The number of carbonyl (C=O) groups is 1. The van der Waals surface area contributed by atoms with E-state index in [1.807, 2.05) is 0 Å². The van der Waals surface area contributed by atoms with Gasteiger partial charge in [0.15, 0.2) is 0 Å². The molecule has 4 heteroatoms. The first kappa shape index (κ1) is 12.5. The van der Waals surface area contributed by atoms with Crippen LogP contribution in [0.4, 0.5) is 0 Å². The third-order valence-electron chi connectivity index (χ3n) is 3.01. The Morgan fingerprint density at radius 3 is 2.80 bits per heavy atom. The van der Waals surface area contributed by atoms with E-state index in [-0.39, 0.29) is 17.9 Å². The van der Waals surface area contributed by atoms with E-state index >= 15 is 0 Å². The summed E-state index contributed by atoms with van der Waals surface area (Å²) in [6.45, 7) is 1.58. The predicted octanol–water partition coefficient (Wildman–Crippen LogP) is 0.692. The van der Waals surface area contributed by atoms with Crippen molar-refractivity contribution >= 4 is 5.91 Å². The van der Waals surface area contributed by atoms with Crippen molar-refractivity contribution in [3.05, 3.63) is 0 Å². The molecule has 1 aliphatic carbocycles. The molecule has 0 aromatic rings. The number of rotatable bonds is 8. The van der Waals surface area contributed by atoms with Gasteiger partial charge >= 0.3 is 0 Å². The molecule has 0 radical (unpaired) electrons. The Hall–Kier alpha value is -0.610. The van der Waals surface area contributed by atoms with E-state index in [0.29, 0.717) is 13.0 Å². The largest absolute Gasteiger partial charge is 0.396 e. The van der Waals surface area contributed by atoms with Crippen LogP contribution in [0.15, 0.2) is 0 Å². The minimum Gasteiger partial charge on any atom is -0.396 e. The van der Waals surface area contributed by atoms with E-state index in [4.69, 9.17) is 9.84 Å². The Bertz CT molecular complexity index is 202. The molecule has 0 saturated heterocycles. The van der Waals surface area contributed by atoms with E-state index in [0.717, 1.165) is 32.2 Å². The summed E-state index contributed by atoms with van der Waals surface area (Å²) in [5.74, 6) is 0.0938. The molecule has 0 unspecified atom stereocenters. The second-order valence-electron chi connectivity index (χ2n) is 4.35. The van der Waals surface area contributed by atoms with Gasteiger partial charge in [0.2, 0.25) is 5.91 Å². The molecule has 2 N–H and O–H groups in total. The van der Waals surface area contributed by atoms with Gasteiger partial charge in [0.1, 0.15) is 0 Å². The highest BCUT2D eigenvalue weighted by Gasteiger charge is 2.41. The zero-order valence-corrected chi connectivity index (χ0v) is 9.42. The number of hydrogen-bond donors (Lipinski definition) is 2. The number of carbonyl (C=O) groups excluding carboxylic acids is 1. The Kier molecular flexibility index (Phi) is 5.05. The Balaban J connectivity index is 2.06. The van der Waals surface area contributed by atoms with Gasteiger partial charge in [-0.2, -0.15) is 0 Å². The van der Waals surface area contributed by atoms with Crippen LogP contribution in [0.2, 0.25) is 0 Å². The van der Waals surface area contributed by atoms with Crippen molar-refractivity contribution in [3.8, 4) is 0 Å². The molecule has 88 valence electrons. The van der Waals surface area contributed by atoms with Gasteiger partial charge in [-0.05, 0) is 31.1 Å². The van der Waals surface area contributed by atoms with Gasteiger partial charge in [0.05, 0.1) is 0 Å². The first-order valence-corrected chi connectivity index (χ1v) is 5.59.